The third kappa shape index (κ3) is 4.84. The average molecular weight is 276 g/mol. The van der Waals surface area contributed by atoms with Gasteiger partial charge in [-0.15, -0.1) is 0 Å². The zero-order valence-electron chi connectivity index (χ0n) is 9.62. The predicted octanol–water partition coefficient (Wildman–Crippen LogP) is 3.68. The number of hydrogen-bond acceptors (Lipinski definition) is 2. The third-order valence-corrected chi connectivity index (χ3v) is 2.85. The number of benzene rings is 1. The lowest BCUT2D eigenvalue weighted by Crippen LogP contribution is -2.24. The van der Waals surface area contributed by atoms with Gasteiger partial charge in [0, 0.05) is 35.2 Å². The van der Waals surface area contributed by atoms with E-state index in [1.807, 2.05) is 19.1 Å². The quantitative estimate of drug-likeness (QED) is 0.861. The number of carboxylic acid groups (broad SMARTS) is 1. The Balaban J connectivity index is 2.68. The van der Waals surface area contributed by atoms with Crippen molar-refractivity contribution in [2.45, 2.75) is 19.8 Å². The zero-order valence-corrected chi connectivity index (χ0v) is 11.1. The van der Waals surface area contributed by atoms with Crippen molar-refractivity contribution in [1.29, 1.82) is 0 Å². The van der Waals surface area contributed by atoms with Crippen LogP contribution in [-0.4, -0.2) is 24.2 Å². The minimum Gasteiger partial charge on any atom is -0.481 e. The molecule has 1 aromatic rings. The molecule has 1 N–H and O–H groups in total. The van der Waals surface area contributed by atoms with Crippen LogP contribution in [0, 0.1) is 0 Å². The standard InChI is InChI=1S/C12H15Cl2NO2/c1-2-15(5-3-4-12(16)17)11-7-9(13)6-10(14)8-11/h6-8H,2-5H2,1H3,(H,16,17). The van der Waals surface area contributed by atoms with Gasteiger partial charge in [-0.25, -0.2) is 0 Å². The molecule has 0 radical (unpaired) electrons. The highest BCUT2D eigenvalue weighted by molar-refractivity contribution is 6.35. The summed E-state index contributed by atoms with van der Waals surface area (Å²) in [5.41, 5.74) is 0.926. The third-order valence-electron chi connectivity index (χ3n) is 2.41. The van der Waals surface area contributed by atoms with E-state index < -0.39 is 5.97 Å². The van der Waals surface area contributed by atoms with E-state index >= 15 is 0 Å². The van der Waals surface area contributed by atoms with Crippen LogP contribution in [0.1, 0.15) is 19.8 Å². The van der Waals surface area contributed by atoms with Crippen molar-refractivity contribution < 1.29 is 9.90 Å². The van der Waals surface area contributed by atoms with Gasteiger partial charge >= 0.3 is 5.97 Å². The van der Waals surface area contributed by atoms with Crippen molar-refractivity contribution in [3.63, 3.8) is 0 Å². The number of halogens is 2. The topological polar surface area (TPSA) is 40.5 Å². The summed E-state index contributed by atoms with van der Waals surface area (Å²) in [7, 11) is 0. The van der Waals surface area contributed by atoms with Crippen molar-refractivity contribution in [3.05, 3.63) is 28.2 Å². The number of nitrogens with zero attached hydrogens (tertiary/aromatic N) is 1. The summed E-state index contributed by atoms with van der Waals surface area (Å²) < 4.78 is 0. The van der Waals surface area contributed by atoms with Gasteiger partial charge in [0.05, 0.1) is 0 Å². The molecule has 0 bridgehead atoms. The Morgan fingerprint density at radius 3 is 2.35 bits per heavy atom. The summed E-state index contributed by atoms with van der Waals surface area (Å²) in [6, 6.07) is 5.34. The summed E-state index contributed by atoms with van der Waals surface area (Å²) in [5, 5.41) is 9.77. The summed E-state index contributed by atoms with van der Waals surface area (Å²) in [4.78, 5) is 12.5. The number of hydrogen-bond donors (Lipinski definition) is 1. The molecule has 0 aliphatic rings. The molecule has 0 aliphatic heterocycles. The highest BCUT2D eigenvalue weighted by Crippen LogP contribution is 2.25. The molecule has 0 spiro atoms. The first-order valence-corrected chi connectivity index (χ1v) is 6.21. The minimum absolute atomic E-state index is 0.171. The summed E-state index contributed by atoms with van der Waals surface area (Å²) in [6.07, 6.45) is 0.776. The molecule has 0 aromatic heterocycles. The van der Waals surface area contributed by atoms with E-state index in [0.29, 0.717) is 23.0 Å². The van der Waals surface area contributed by atoms with Crippen molar-refractivity contribution in [2.75, 3.05) is 18.0 Å². The van der Waals surface area contributed by atoms with Crippen LogP contribution in [-0.2, 0) is 4.79 Å². The highest BCUT2D eigenvalue weighted by Gasteiger charge is 2.07. The number of aliphatic carboxylic acids is 1. The normalized spacial score (nSPS) is 10.3. The molecule has 17 heavy (non-hydrogen) atoms. The predicted molar refractivity (Wildman–Crippen MR) is 71.2 cm³/mol. The molecule has 3 nitrogen and oxygen atoms in total. The van der Waals surface area contributed by atoms with E-state index in [1.165, 1.54) is 0 Å². The van der Waals surface area contributed by atoms with E-state index in [0.717, 1.165) is 12.2 Å². The molecule has 0 saturated carbocycles. The Kier molecular flexibility index (Phi) is 5.59. The first-order chi connectivity index (χ1) is 8.02. The van der Waals surface area contributed by atoms with Gasteiger partial charge in [-0.3, -0.25) is 4.79 Å². The summed E-state index contributed by atoms with van der Waals surface area (Å²) in [6.45, 7) is 3.48. The molecule has 0 heterocycles. The van der Waals surface area contributed by atoms with Crippen LogP contribution in [0.3, 0.4) is 0 Å². The Bertz CT molecular complexity index is 376. The maximum Gasteiger partial charge on any atom is 0.303 e. The molecule has 0 fully saturated rings. The van der Waals surface area contributed by atoms with E-state index in [1.54, 1.807) is 6.07 Å². The van der Waals surface area contributed by atoms with Crippen molar-refractivity contribution >= 4 is 34.9 Å². The largest absolute Gasteiger partial charge is 0.481 e. The lowest BCUT2D eigenvalue weighted by atomic mass is 10.2. The molecular formula is C12H15Cl2NO2. The zero-order chi connectivity index (χ0) is 12.8. The van der Waals surface area contributed by atoms with Crippen LogP contribution in [0.2, 0.25) is 10.0 Å². The average Bonchev–Trinajstić information content (AvgIpc) is 2.22. The van der Waals surface area contributed by atoms with Gasteiger partial charge in [-0.2, -0.15) is 0 Å². The molecule has 1 aromatic carbocycles. The Morgan fingerprint density at radius 2 is 1.88 bits per heavy atom. The van der Waals surface area contributed by atoms with Gasteiger partial charge in [0.15, 0.2) is 0 Å². The molecular weight excluding hydrogens is 261 g/mol. The lowest BCUT2D eigenvalue weighted by Gasteiger charge is -2.23. The maximum atomic E-state index is 10.5. The van der Waals surface area contributed by atoms with Crippen LogP contribution < -0.4 is 4.90 Å². The van der Waals surface area contributed by atoms with Crippen molar-refractivity contribution in [1.82, 2.24) is 0 Å². The second kappa shape index (κ2) is 6.72. The smallest absolute Gasteiger partial charge is 0.303 e. The number of carboxylic acids is 1. The van der Waals surface area contributed by atoms with Gasteiger partial charge in [0.2, 0.25) is 0 Å². The van der Waals surface area contributed by atoms with E-state index in [9.17, 15) is 4.79 Å². The summed E-state index contributed by atoms with van der Waals surface area (Å²) >= 11 is 11.9. The van der Waals surface area contributed by atoms with Gasteiger partial charge in [-0.1, -0.05) is 23.2 Å². The number of rotatable bonds is 6. The highest BCUT2D eigenvalue weighted by atomic mass is 35.5. The Hall–Kier alpha value is -0.930. The van der Waals surface area contributed by atoms with Crippen LogP contribution in [0.25, 0.3) is 0 Å². The Morgan fingerprint density at radius 1 is 1.29 bits per heavy atom. The van der Waals surface area contributed by atoms with Crippen molar-refractivity contribution in [3.8, 4) is 0 Å². The minimum atomic E-state index is -0.773. The van der Waals surface area contributed by atoms with Gasteiger partial charge in [0.25, 0.3) is 0 Å². The molecule has 0 aliphatic carbocycles. The molecule has 5 heteroatoms. The van der Waals surface area contributed by atoms with Crippen LogP contribution in [0.15, 0.2) is 18.2 Å². The molecule has 0 unspecified atom stereocenters. The summed E-state index contributed by atoms with van der Waals surface area (Å²) in [5.74, 6) is -0.773. The van der Waals surface area contributed by atoms with Crippen molar-refractivity contribution in [2.24, 2.45) is 0 Å². The second-order valence-corrected chi connectivity index (χ2v) is 4.58. The van der Waals surface area contributed by atoms with Crippen LogP contribution >= 0.6 is 23.2 Å². The second-order valence-electron chi connectivity index (χ2n) is 3.70. The molecule has 0 atom stereocenters. The molecule has 0 amide bonds. The lowest BCUT2D eigenvalue weighted by molar-refractivity contribution is -0.137. The maximum absolute atomic E-state index is 10.5. The molecule has 1 rings (SSSR count). The fourth-order valence-corrected chi connectivity index (χ4v) is 2.13. The monoisotopic (exact) mass is 275 g/mol. The van der Waals surface area contributed by atoms with Crippen LogP contribution in [0.5, 0.6) is 0 Å². The molecule has 0 saturated heterocycles. The fourth-order valence-electron chi connectivity index (χ4n) is 1.61. The molecule has 94 valence electrons. The van der Waals surface area contributed by atoms with Gasteiger partial charge < -0.3 is 10.0 Å². The SMILES string of the molecule is CCN(CCCC(=O)O)c1cc(Cl)cc(Cl)c1. The Labute approximate surface area is 111 Å². The van der Waals surface area contributed by atoms with Gasteiger partial charge in [0.1, 0.15) is 0 Å². The van der Waals surface area contributed by atoms with Crippen LogP contribution in [0.4, 0.5) is 5.69 Å². The first-order valence-electron chi connectivity index (χ1n) is 5.45. The number of anilines is 1. The van der Waals surface area contributed by atoms with E-state index in [-0.39, 0.29) is 6.42 Å². The number of carbonyl (C=O) groups is 1. The van der Waals surface area contributed by atoms with E-state index in [4.69, 9.17) is 28.3 Å². The van der Waals surface area contributed by atoms with E-state index in [2.05, 4.69) is 4.90 Å². The van der Waals surface area contributed by atoms with Gasteiger partial charge in [-0.05, 0) is 31.5 Å². The fraction of sp³-hybridized carbons (Fsp3) is 0.417. The first kappa shape index (κ1) is 14.1.